The molecule has 0 aliphatic rings. The van der Waals surface area contributed by atoms with Crippen molar-refractivity contribution in [2.45, 2.75) is 55.7 Å². The van der Waals surface area contributed by atoms with Gasteiger partial charge < -0.3 is 14.0 Å². The quantitative estimate of drug-likeness (QED) is 0.397. The number of methoxy groups -OCH3 is 1. The van der Waals surface area contributed by atoms with Crippen molar-refractivity contribution >= 4 is 40.4 Å². The first-order valence-electron chi connectivity index (χ1n) is 9.54. The first-order chi connectivity index (χ1) is 14.9. The van der Waals surface area contributed by atoms with Crippen LogP contribution in [0.3, 0.4) is 0 Å². The van der Waals surface area contributed by atoms with Crippen LogP contribution in [0.2, 0.25) is 5.02 Å². The lowest BCUT2D eigenvalue weighted by Crippen LogP contribution is -2.24. The number of hydrogen-bond donors (Lipinski definition) is 0. The van der Waals surface area contributed by atoms with Gasteiger partial charge in [-0.05, 0) is 50.7 Å². The summed E-state index contributed by atoms with van der Waals surface area (Å²) in [5.74, 6) is 0.210. The van der Waals surface area contributed by atoms with Crippen LogP contribution in [0, 0.1) is 0 Å². The van der Waals surface area contributed by atoms with E-state index in [2.05, 4.69) is 9.97 Å². The Bertz CT molecular complexity index is 1140. The molecule has 0 radical (unpaired) electrons. The van der Waals surface area contributed by atoms with Crippen LogP contribution in [-0.2, 0) is 22.3 Å². The molecule has 1 aromatic carbocycles. The van der Waals surface area contributed by atoms with E-state index in [9.17, 15) is 18.0 Å². The molecule has 2 aromatic heterocycles. The Labute approximate surface area is 192 Å². The molecule has 3 aromatic rings. The number of aryl methyl sites for hydroxylation is 1. The zero-order valence-corrected chi connectivity index (χ0v) is 19.4. The van der Waals surface area contributed by atoms with Gasteiger partial charge in [0.1, 0.15) is 16.4 Å². The topological polar surface area (TPSA) is 66.2 Å². The molecule has 0 bridgehead atoms. The summed E-state index contributed by atoms with van der Waals surface area (Å²) in [5.41, 5.74) is -0.235. The second kappa shape index (κ2) is 9.19. The molecule has 0 aliphatic heterocycles. The molecule has 0 aliphatic carbocycles. The van der Waals surface area contributed by atoms with Crippen LogP contribution < -0.4 is 4.74 Å². The zero-order chi connectivity index (χ0) is 23.7. The molecule has 0 atom stereocenters. The number of ether oxygens (including phenoxy) is 2. The van der Waals surface area contributed by atoms with Crippen molar-refractivity contribution in [3.8, 4) is 5.75 Å². The number of fused-ring (bicyclic) bond motifs is 1. The Kier molecular flexibility index (Phi) is 6.94. The van der Waals surface area contributed by atoms with Gasteiger partial charge in [0, 0.05) is 18.8 Å². The van der Waals surface area contributed by atoms with Gasteiger partial charge in [0.25, 0.3) is 0 Å². The molecule has 0 N–H and O–H groups in total. The van der Waals surface area contributed by atoms with E-state index in [0.29, 0.717) is 21.9 Å². The smallest absolute Gasteiger partial charge is 0.417 e. The Balaban J connectivity index is 1.95. The summed E-state index contributed by atoms with van der Waals surface area (Å²) in [5, 5.41) is 0.444. The van der Waals surface area contributed by atoms with Crippen molar-refractivity contribution in [3.63, 3.8) is 0 Å². The van der Waals surface area contributed by atoms with Crippen molar-refractivity contribution in [1.82, 2.24) is 14.5 Å². The molecule has 0 saturated heterocycles. The van der Waals surface area contributed by atoms with Crippen molar-refractivity contribution < 1.29 is 27.4 Å². The Morgan fingerprint density at radius 1 is 1.22 bits per heavy atom. The van der Waals surface area contributed by atoms with E-state index in [4.69, 9.17) is 21.1 Å². The third-order valence-corrected chi connectivity index (χ3v) is 5.62. The number of halogens is 4. The summed E-state index contributed by atoms with van der Waals surface area (Å²) in [4.78, 5) is 20.7. The number of esters is 1. The number of aromatic nitrogens is 3. The number of benzene rings is 1. The summed E-state index contributed by atoms with van der Waals surface area (Å²) in [7, 11) is 1.53. The number of imidazole rings is 1. The van der Waals surface area contributed by atoms with Crippen LogP contribution >= 0.6 is 23.4 Å². The first kappa shape index (κ1) is 24.2. The lowest BCUT2D eigenvalue weighted by atomic mass is 10.2. The number of carbonyl (C=O) groups excluding carboxylic acids is 1. The molecule has 2 heterocycles. The number of alkyl halides is 3. The second-order valence-corrected chi connectivity index (χ2v) is 9.21. The molecule has 0 saturated carbocycles. The molecule has 6 nitrogen and oxygen atoms in total. The van der Waals surface area contributed by atoms with Gasteiger partial charge in [-0.25, -0.2) is 9.97 Å². The summed E-state index contributed by atoms with van der Waals surface area (Å²) >= 11 is 7.08. The number of hydrogen-bond acceptors (Lipinski definition) is 6. The molecule has 0 fully saturated rings. The lowest BCUT2D eigenvalue weighted by Gasteiger charge is -2.19. The maximum absolute atomic E-state index is 12.9. The molecule has 172 valence electrons. The standard InChI is InChI=1S/C21H21ClF3N3O3S/c1-20(2,3)31-17(29)7-8-28-16-10-13(30-4)5-6-15(16)27-19(28)32-18-14(22)9-12(11-26-18)21(23,24)25/h5-6,9-11H,7-8H2,1-4H3. The normalized spacial score (nSPS) is 12.2. The van der Waals surface area contributed by atoms with Gasteiger partial charge in [0.15, 0.2) is 5.16 Å². The molecular weight excluding hydrogens is 467 g/mol. The fraction of sp³-hybridized carbons (Fsp3) is 0.381. The highest BCUT2D eigenvalue weighted by molar-refractivity contribution is 7.99. The monoisotopic (exact) mass is 487 g/mol. The largest absolute Gasteiger partial charge is 0.497 e. The fourth-order valence-corrected chi connectivity index (χ4v) is 4.00. The number of nitrogens with zero attached hydrogens (tertiary/aromatic N) is 3. The molecule has 3 rings (SSSR count). The summed E-state index contributed by atoms with van der Waals surface area (Å²) in [6, 6.07) is 6.09. The average molecular weight is 488 g/mol. The van der Waals surface area contributed by atoms with E-state index >= 15 is 0 Å². The number of pyridine rings is 1. The second-order valence-electron chi connectivity index (χ2n) is 7.85. The lowest BCUT2D eigenvalue weighted by molar-refractivity contribution is -0.155. The maximum atomic E-state index is 12.9. The maximum Gasteiger partial charge on any atom is 0.417 e. The van der Waals surface area contributed by atoms with E-state index in [1.807, 2.05) is 0 Å². The molecule has 0 amide bonds. The molecule has 0 spiro atoms. The van der Waals surface area contributed by atoms with Crippen molar-refractivity contribution in [3.05, 3.63) is 41.0 Å². The SMILES string of the molecule is COc1ccc2nc(Sc3ncc(C(F)(F)F)cc3Cl)n(CCC(=O)OC(C)(C)C)c2c1. The van der Waals surface area contributed by atoms with Crippen LogP contribution in [0.1, 0.15) is 32.8 Å². The average Bonchev–Trinajstić information content (AvgIpc) is 3.01. The summed E-state index contributed by atoms with van der Waals surface area (Å²) in [6.07, 6.45) is -3.75. The number of rotatable bonds is 6. The van der Waals surface area contributed by atoms with Crippen molar-refractivity contribution in [2.24, 2.45) is 0 Å². The first-order valence-corrected chi connectivity index (χ1v) is 10.7. The summed E-state index contributed by atoms with van der Waals surface area (Å²) in [6.45, 7) is 5.57. The minimum Gasteiger partial charge on any atom is -0.497 e. The van der Waals surface area contributed by atoms with Crippen LogP contribution in [-0.4, -0.2) is 33.2 Å². The van der Waals surface area contributed by atoms with Gasteiger partial charge in [-0.15, -0.1) is 0 Å². The third kappa shape index (κ3) is 5.86. The van der Waals surface area contributed by atoms with E-state index in [1.54, 1.807) is 43.5 Å². The predicted octanol–water partition coefficient (Wildman–Crippen LogP) is 6.00. The van der Waals surface area contributed by atoms with Crippen LogP contribution in [0.5, 0.6) is 5.75 Å². The van der Waals surface area contributed by atoms with Crippen LogP contribution in [0.15, 0.2) is 40.6 Å². The van der Waals surface area contributed by atoms with Crippen molar-refractivity contribution in [2.75, 3.05) is 7.11 Å². The molecular formula is C21H21ClF3N3O3S. The van der Waals surface area contributed by atoms with Gasteiger partial charge in [-0.2, -0.15) is 13.2 Å². The fourth-order valence-electron chi connectivity index (χ4n) is 2.84. The van der Waals surface area contributed by atoms with Crippen LogP contribution in [0.4, 0.5) is 13.2 Å². The summed E-state index contributed by atoms with van der Waals surface area (Å²) < 4.78 is 51.2. The van der Waals surface area contributed by atoms with Gasteiger partial charge in [-0.3, -0.25) is 4.79 Å². The van der Waals surface area contributed by atoms with Gasteiger partial charge in [0.05, 0.1) is 35.2 Å². The minimum atomic E-state index is -4.54. The Hall–Kier alpha value is -2.46. The van der Waals surface area contributed by atoms with Gasteiger partial charge >= 0.3 is 12.1 Å². The zero-order valence-electron chi connectivity index (χ0n) is 17.8. The van der Waals surface area contributed by atoms with E-state index < -0.39 is 17.3 Å². The molecule has 0 unspecified atom stereocenters. The van der Waals surface area contributed by atoms with Crippen LogP contribution in [0.25, 0.3) is 11.0 Å². The van der Waals surface area contributed by atoms with Gasteiger partial charge in [0.2, 0.25) is 0 Å². The van der Waals surface area contributed by atoms with E-state index in [-0.39, 0.29) is 29.0 Å². The third-order valence-electron chi connectivity index (χ3n) is 4.20. The van der Waals surface area contributed by atoms with Gasteiger partial charge in [-0.1, -0.05) is 11.6 Å². The predicted molar refractivity (Wildman–Crippen MR) is 115 cm³/mol. The molecule has 11 heteroatoms. The highest BCUT2D eigenvalue weighted by Gasteiger charge is 2.32. The van der Waals surface area contributed by atoms with E-state index in [1.165, 1.54) is 7.11 Å². The Morgan fingerprint density at radius 3 is 2.53 bits per heavy atom. The molecule has 32 heavy (non-hydrogen) atoms. The Morgan fingerprint density at radius 2 is 1.94 bits per heavy atom. The highest BCUT2D eigenvalue weighted by atomic mass is 35.5. The number of carbonyl (C=O) groups is 1. The minimum absolute atomic E-state index is 0.0711. The van der Waals surface area contributed by atoms with Crippen molar-refractivity contribution in [1.29, 1.82) is 0 Å². The highest BCUT2D eigenvalue weighted by Crippen LogP contribution is 2.37. The van der Waals surface area contributed by atoms with E-state index in [0.717, 1.165) is 24.0 Å².